The van der Waals surface area contributed by atoms with Gasteiger partial charge in [0.1, 0.15) is 11.4 Å². The number of ketones is 2. The molecular formula is C47H51Cl2N5O2. The van der Waals surface area contributed by atoms with Crippen molar-refractivity contribution in [2.24, 2.45) is 42.1 Å². The number of benzene rings is 2. The molecule has 56 heavy (non-hydrogen) atoms. The third-order valence-electron chi connectivity index (χ3n) is 9.42. The molecule has 2 aliphatic rings. The summed E-state index contributed by atoms with van der Waals surface area (Å²) in [5.41, 5.74) is 5.97. The van der Waals surface area contributed by atoms with Crippen molar-refractivity contribution in [3.05, 3.63) is 146 Å². The third-order valence-corrected chi connectivity index (χ3v) is 9.92. The smallest absolute Gasteiger partial charge is 0.186 e. The van der Waals surface area contributed by atoms with Crippen LogP contribution in [0, 0.1) is 21.7 Å². The highest BCUT2D eigenvalue weighted by molar-refractivity contribution is 6.30. The molecule has 5 rings (SSSR count). The van der Waals surface area contributed by atoms with E-state index in [1.165, 1.54) is 0 Å². The van der Waals surface area contributed by atoms with Crippen molar-refractivity contribution in [1.29, 1.82) is 0 Å². The maximum atomic E-state index is 13.9. The van der Waals surface area contributed by atoms with E-state index >= 15 is 0 Å². The van der Waals surface area contributed by atoms with Gasteiger partial charge in [0.2, 0.25) is 0 Å². The van der Waals surface area contributed by atoms with Crippen LogP contribution in [0.4, 0.5) is 11.4 Å². The lowest BCUT2D eigenvalue weighted by Crippen LogP contribution is -2.28. The van der Waals surface area contributed by atoms with Crippen molar-refractivity contribution in [1.82, 2.24) is 4.98 Å². The van der Waals surface area contributed by atoms with Gasteiger partial charge in [0.15, 0.2) is 11.6 Å². The Labute approximate surface area is 341 Å². The van der Waals surface area contributed by atoms with E-state index < -0.39 is 21.7 Å². The van der Waals surface area contributed by atoms with Gasteiger partial charge < -0.3 is 0 Å². The number of allylic oxidation sites excluding steroid dienone is 10. The molecule has 7 nitrogen and oxygen atoms in total. The van der Waals surface area contributed by atoms with E-state index in [0.29, 0.717) is 66.4 Å². The number of rotatable bonds is 6. The van der Waals surface area contributed by atoms with Crippen LogP contribution in [0.25, 0.3) is 11.4 Å². The Morgan fingerprint density at radius 2 is 0.821 bits per heavy atom. The molecule has 0 saturated heterocycles. The molecular weight excluding hydrogens is 737 g/mol. The van der Waals surface area contributed by atoms with Crippen molar-refractivity contribution in [3.63, 3.8) is 0 Å². The molecule has 2 aliphatic carbocycles. The molecule has 0 unspecified atom stereocenters. The topological polar surface area (TPSA) is 96.5 Å². The Hall–Kier alpha value is -4.85. The zero-order chi connectivity index (χ0) is 41.4. The van der Waals surface area contributed by atoms with Crippen LogP contribution in [0.3, 0.4) is 0 Å². The van der Waals surface area contributed by atoms with Crippen LogP contribution in [0.5, 0.6) is 0 Å². The second-order valence-electron chi connectivity index (χ2n) is 18.3. The number of azo groups is 2. The van der Waals surface area contributed by atoms with E-state index in [0.717, 1.165) is 11.1 Å². The summed E-state index contributed by atoms with van der Waals surface area (Å²) in [6, 6.07) is 18.0. The van der Waals surface area contributed by atoms with E-state index in [-0.39, 0.29) is 11.6 Å². The second kappa shape index (κ2) is 16.0. The summed E-state index contributed by atoms with van der Waals surface area (Å²) in [6.07, 6.45) is 9.40. The van der Waals surface area contributed by atoms with Crippen LogP contribution < -0.4 is 0 Å². The molecule has 1 aromatic heterocycles. The number of carbonyl (C=O) groups excluding carboxylic acids is 2. The van der Waals surface area contributed by atoms with Crippen molar-refractivity contribution in [3.8, 4) is 0 Å². The summed E-state index contributed by atoms with van der Waals surface area (Å²) in [4.78, 5) is 32.7. The van der Waals surface area contributed by atoms with E-state index in [1.54, 1.807) is 54.7 Å². The summed E-state index contributed by atoms with van der Waals surface area (Å²) in [7, 11) is 0. The number of aromatic nitrogens is 1. The standard InChI is InChI=1S/C47H51Cl2N5O2/c1-44(2,3)35-23-29(24-36(42(35)55)45(4,5)6)40(53-51-33-18-14-31(48)15-19-33)28-13-22-39(50-27-28)41(54-52-34-20-16-32(49)17-21-34)30-25-37(46(7,8)9)43(56)38(26-30)47(10,11)12/h13-27H,1-12H3/b53-51+,54-52+. The fourth-order valence-corrected chi connectivity index (χ4v) is 6.46. The molecule has 0 spiro atoms. The van der Waals surface area contributed by atoms with E-state index in [4.69, 9.17) is 38.4 Å². The number of halogens is 2. The Morgan fingerprint density at radius 1 is 0.482 bits per heavy atom. The SMILES string of the molecule is CC(C)(C)C1=CC(=C(/N=N/c2ccc(Cl)cc2)c2ccc(C(/N=N/c3ccc(Cl)cc3)=C3C=C(C(C)(C)C)C(=O)C(C(C)(C)C)=C3)nc2)C=C(C(C)(C)C)C1=O. The summed E-state index contributed by atoms with van der Waals surface area (Å²) >= 11 is 12.3. The van der Waals surface area contributed by atoms with Crippen molar-refractivity contribution in [2.45, 2.75) is 83.1 Å². The van der Waals surface area contributed by atoms with Gasteiger partial charge in [-0.05, 0) is 107 Å². The molecule has 290 valence electrons. The van der Waals surface area contributed by atoms with Crippen molar-refractivity contribution in [2.75, 3.05) is 0 Å². The van der Waals surface area contributed by atoms with Crippen LogP contribution in [0.2, 0.25) is 10.0 Å². The minimum absolute atomic E-state index is 0.0182. The molecule has 2 aromatic carbocycles. The van der Waals surface area contributed by atoms with Gasteiger partial charge in [0, 0.05) is 55.2 Å². The van der Waals surface area contributed by atoms with Gasteiger partial charge in [-0.3, -0.25) is 14.6 Å². The molecule has 0 saturated carbocycles. The van der Waals surface area contributed by atoms with Crippen LogP contribution in [0.1, 0.15) is 94.3 Å². The molecule has 0 atom stereocenters. The minimum atomic E-state index is -0.431. The number of nitrogens with zero attached hydrogens (tertiary/aromatic N) is 5. The fourth-order valence-electron chi connectivity index (χ4n) is 6.20. The quantitative estimate of drug-likeness (QED) is 0.233. The zero-order valence-electron chi connectivity index (χ0n) is 34.5. The predicted octanol–water partition coefficient (Wildman–Crippen LogP) is 14.4. The molecule has 0 radical (unpaired) electrons. The van der Waals surface area contributed by atoms with Crippen LogP contribution in [-0.2, 0) is 9.59 Å². The number of carbonyl (C=O) groups is 2. The number of Topliss-reactive ketones (excluding diaryl/α,β-unsaturated/α-hetero) is 2. The monoisotopic (exact) mass is 787 g/mol. The van der Waals surface area contributed by atoms with Gasteiger partial charge >= 0.3 is 0 Å². The molecule has 9 heteroatoms. The largest absolute Gasteiger partial charge is 0.289 e. The lowest BCUT2D eigenvalue weighted by Gasteiger charge is -2.31. The summed E-state index contributed by atoms with van der Waals surface area (Å²) in [5.74, 6) is 0.0412. The molecule has 1 heterocycles. The molecule has 0 fully saturated rings. The highest BCUT2D eigenvalue weighted by Gasteiger charge is 2.36. The van der Waals surface area contributed by atoms with Gasteiger partial charge in [-0.1, -0.05) is 106 Å². The number of pyridine rings is 1. The zero-order valence-corrected chi connectivity index (χ0v) is 36.0. The first-order valence-corrected chi connectivity index (χ1v) is 19.5. The lowest BCUT2D eigenvalue weighted by atomic mass is 9.71. The van der Waals surface area contributed by atoms with Crippen molar-refractivity contribution >= 4 is 57.5 Å². The van der Waals surface area contributed by atoms with Gasteiger partial charge in [-0.15, -0.1) is 10.2 Å². The molecule has 0 amide bonds. The third kappa shape index (κ3) is 9.93. The highest BCUT2D eigenvalue weighted by atomic mass is 35.5. The summed E-state index contributed by atoms with van der Waals surface area (Å²) in [5, 5.41) is 20.0. The Morgan fingerprint density at radius 3 is 1.14 bits per heavy atom. The van der Waals surface area contributed by atoms with E-state index in [1.807, 2.05) is 120 Å². The van der Waals surface area contributed by atoms with Gasteiger partial charge in [0.05, 0.1) is 17.1 Å². The van der Waals surface area contributed by atoms with E-state index in [9.17, 15) is 9.59 Å². The predicted molar refractivity (Wildman–Crippen MR) is 230 cm³/mol. The fraction of sp³-hybridized carbons (Fsp3) is 0.340. The number of hydrogen-bond donors (Lipinski definition) is 0. The highest BCUT2D eigenvalue weighted by Crippen LogP contribution is 2.43. The molecule has 3 aromatic rings. The van der Waals surface area contributed by atoms with Gasteiger partial charge in [-0.2, -0.15) is 10.2 Å². The van der Waals surface area contributed by atoms with Gasteiger partial charge in [0.25, 0.3) is 0 Å². The van der Waals surface area contributed by atoms with E-state index in [2.05, 4.69) is 10.2 Å². The molecule has 0 N–H and O–H groups in total. The van der Waals surface area contributed by atoms with Crippen LogP contribution >= 0.6 is 23.2 Å². The Bertz CT molecular complexity index is 2050. The second-order valence-corrected chi connectivity index (χ2v) is 19.2. The number of hydrogen-bond acceptors (Lipinski definition) is 7. The summed E-state index contributed by atoms with van der Waals surface area (Å²) < 4.78 is 0. The minimum Gasteiger partial charge on any atom is -0.289 e. The normalized spacial score (nSPS) is 16.0. The van der Waals surface area contributed by atoms with Crippen molar-refractivity contribution < 1.29 is 9.59 Å². The molecule has 0 bridgehead atoms. The first kappa shape index (κ1) is 42.3. The first-order valence-electron chi connectivity index (χ1n) is 18.7. The average molecular weight is 789 g/mol. The van der Waals surface area contributed by atoms with Crippen LogP contribution in [-0.4, -0.2) is 16.6 Å². The Kier molecular flexibility index (Phi) is 12.0. The maximum Gasteiger partial charge on any atom is 0.186 e. The summed E-state index contributed by atoms with van der Waals surface area (Å²) in [6.45, 7) is 24.4. The van der Waals surface area contributed by atoms with Gasteiger partial charge in [-0.25, -0.2) is 0 Å². The Balaban J connectivity index is 1.77. The van der Waals surface area contributed by atoms with Crippen LogP contribution in [0.15, 0.2) is 145 Å². The maximum absolute atomic E-state index is 13.9. The lowest BCUT2D eigenvalue weighted by molar-refractivity contribution is -0.114. The molecule has 0 aliphatic heterocycles. The first-order chi connectivity index (χ1) is 25.9. The average Bonchev–Trinajstić information content (AvgIpc) is 3.09.